The van der Waals surface area contributed by atoms with Crippen LogP contribution in [0.1, 0.15) is 28.5 Å². The van der Waals surface area contributed by atoms with Crippen LogP contribution in [0.4, 0.5) is 23.5 Å². The van der Waals surface area contributed by atoms with Crippen molar-refractivity contribution in [2.24, 2.45) is 5.73 Å². The van der Waals surface area contributed by atoms with Gasteiger partial charge in [-0.15, -0.1) is 0 Å². The Hall–Kier alpha value is -2.97. The summed E-state index contributed by atoms with van der Waals surface area (Å²) in [6, 6.07) is 5.53. The number of halogens is 4. The number of carbonyl (C=O) groups is 1. The topological polar surface area (TPSA) is 80.9 Å². The number of nitrogens with zero attached hydrogens (tertiary/aromatic N) is 2. The van der Waals surface area contributed by atoms with E-state index in [0.717, 1.165) is 12.3 Å². The second-order valence-electron chi connectivity index (χ2n) is 5.19. The SMILES string of the molecule is CC(N)=CC(=O)c1cnc(NCc2cccc(F)c2)nc1C(F)(F)F. The molecule has 0 radical (unpaired) electrons. The quantitative estimate of drug-likeness (QED) is 0.489. The van der Waals surface area contributed by atoms with E-state index in [1.807, 2.05) is 0 Å². The molecule has 2 aromatic rings. The highest BCUT2D eigenvalue weighted by atomic mass is 19.4. The second-order valence-corrected chi connectivity index (χ2v) is 5.19. The van der Waals surface area contributed by atoms with Crippen LogP contribution >= 0.6 is 0 Å². The van der Waals surface area contributed by atoms with Crippen LogP contribution < -0.4 is 11.1 Å². The Labute approximate surface area is 140 Å². The molecule has 5 nitrogen and oxygen atoms in total. The molecule has 0 amide bonds. The summed E-state index contributed by atoms with van der Waals surface area (Å²) in [5.74, 6) is -1.74. The fourth-order valence-corrected chi connectivity index (χ4v) is 1.98. The Balaban J connectivity index is 2.29. The zero-order valence-electron chi connectivity index (χ0n) is 13.1. The van der Waals surface area contributed by atoms with Crippen LogP contribution in [0.25, 0.3) is 0 Å². The molecule has 0 fully saturated rings. The molecule has 0 saturated carbocycles. The van der Waals surface area contributed by atoms with Gasteiger partial charge < -0.3 is 11.1 Å². The van der Waals surface area contributed by atoms with Crippen molar-refractivity contribution in [3.63, 3.8) is 0 Å². The lowest BCUT2D eigenvalue weighted by atomic mass is 10.1. The first-order chi connectivity index (χ1) is 11.7. The number of nitrogens with one attached hydrogen (secondary N) is 1. The van der Waals surface area contributed by atoms with Gasteiger partial charge in [-0.05, 0) is 24.6 Å². The molecule has 1 aromatic carbocycles. The fraction of sp³-hybridized carbons (Fsp3) is 0.188. The monoisotopic (exact) mass is 354 g/mol. The van der Waals surface area contributed by atoms with Gasteiger partial charge in [0.25, 0.3) is 0 Å². The zero-order chi connectivity index (χ0) is 18.6. The molecule has 3 N–H and O–H groups in total. The standard InChI is InChI=1S/C16H14F4N4O/c1-9(21)5-13(25)12-8-23-15(24-14(12)16(18,19)20)22-7-10-3-2-4-11(17)6-10/h2-6,8H,7,21H2,1H3,(H,22,23,24). The van der Waals surface area contributed by atoms with E-state index in [1.165, 1.54) is 25.1 Å². The van der Waals surface area contributed by atoms with E-state index in [9.17, 15) is 22.4 Å². The lowest BCUT2D eigenvalue weighted by molar-refractivity contribution is -0.141. The number of hydrogen-bond donors (Lipinski definition) is 2. The van der Waals surface area contributed by atoms with Crippen molar-refractivity contribution in [2.75, 3.05) is 5.32 Å². The fourth-order valence-electron chi connectivity index (χ4n) is 1.98. The van der Waals surface area contributed by atoms with Crippen molar-refractivity contribution in [3.8, 4) is 0 Å². The molecular weight excluding hydrogens is 340 g/mol. The van der Waals surface area contributed by atoms with Crippen molar-refractivity contribution >= 4 is 11.7 Å². The number of carbonyl (C=O) groups excluding carboxylic acids is 1. The molecule has 25 heavy (non-hydrogen) atoms. The minimum atomic E-state index is -4.85. The van der Waals surface area contributed by atoms with E-state index >= 15 is 0 Å². The maximum atomic E-state index is 13.2. The van der Waals surface area contributed by atoms with E-state index in [2.05, 4.69) is 15.3 Å². The summed E-state index contributed by atoms with van der Waals surface area (Å²) in [5, 5.41) is 2.57. The van der Waals surface area contributed by atoms with Crippen LogP contribution in [0.15, 0.2) is 42.2 Å². The number of hydrogen-bond acceptors (Lipinski definition) is 5. The van der Waals surface area contributed by atoms with E-state index in [4.69, 9.17) is 5.73 Å². The van der Waals surface area contributed by atoms with Gasteiger partial charge in [0.1, 0.15) is 5.82 Å². The molecule has 0 spiro atoms. The van der Waals surface area contributed by atoms with Gasteiger partial charge in [-0.3, -0.25) is 4.79 Å². The van der Waals surface area contributed by atoms with E-state index in [-0.39, 0.29) is 18.2 Å². The van der Waals surface area contributed by atoms with E-state index in [1.54, 1.807) is 6.07 Å². The van der Waals surface area contributed by atoms with E-state index < -0.39 is 29.0 Å². The van der Waals surface area contributed by atoms with Crippen molar-refractivity contribution in [3.05, 3.63) is 64.9 Å². The van der Waals surface area contributed by atoms with Gasteiger partial charge in [0, 0.05) is 24.5 Å². The maximum absolute atomic E-state index is 13.2. The molecule has 1 aromatic heterocycles. The Bertz CT molecular complexity index is 814. The van der Waals surface area contributed by atoms with Crippen molar-refractivity contribution < 1.29 is 22.4 Å². The van der Waals surface area contributed by atoms with Gasteiger partial charge in [-0.2, -0.15) is 13.2 Å². The number of alkyl halides is 3. The Kier molecular flexibility index (Phi) is 5.35. The third-order valence-corrected chi connectivity index (χ3v) is 3.02. The average Bonchev–Trinajstić information content (AvgIpc) is 2.51. The minimum Gasteiger partial charge on any atom is -0.402 e. The highest BCUT2D eigenvalue weighted by molar-refractivity contribution is 6.05. The Morgan fingerprint density at radius 1 is 1.36 bits per heavy atom. The maximum Gasteiger partial charge on any atom is 0.434 e. The predicted molar refractivity (Wildman–Crippen MR) is 83.0 cm³/mol. The molecule has 132 valence electrons. The molecule has 1 heterocycles. The zero-order valence-corrected chi connectivity index (χ0v) is 13.1. The third-order valence-electron chi connectivity index (χ3n) is 3.02. The number of aromatic nitrogens is 2. The van der Waals surface area contributed by atoms with Gasteiger partial charge in [0.15, 0.2) is 11.5 Å². The highest BCUT2D eigenvalue weighted by Gasteiger charge is 2.37. The molecule has 2 rings (SSSR count). The summed E-state index contributed by atoms with van der Waals surface area (Å²) in [4.78, 5) is 18.9. The van der Waals surface area contributed by atoms with Gasteiger partial charge in [-0.1, -0.05) is 12.1 Å². The van der Waals surface area contributed by atoms with Crippen LogP contribution in [0.3, 0.4) is 0 Å². The van der Waals surface area contributed by atoms with Crippen molar-refractivity contribution in [1.29, 1.82) is 0 Å². The first kappa shape index (κ1) is 18.4. The summed E-state index contributed by atoms with van der Waals surface area (Å²) in [7, 11) is 0. The van der Waals surface area contributed by atoms with Crippen molar-refractivity contribution in [1.82, 2.24) is 9.97 Å². The number of anilines is 1. The van der Waals surface area contributed by atoms with Gasteiger partial charge in [-0.25, -0.2) is 14.4 Å². The van der Waals surface area contributed by atoms with Crippen LogP contribution in [0.5, 0.6) is 0 Å². The number of benzene rings is 1. The molecule has 0 aliphatic rings. The highest BCUT2D eigenvalue weighted by Crippen LogP contribution is 2.31. The molecule has 9 heteroatoms. The molecule has 0 aliphatic carbocycles. The summed E-state index contributed by atoms with van der Waals surface area (Å²) < 4.78 is 52.6. The van der Waals surface area contributed by atoms with E-state index in [0.29, 0.717) is 5.56 Å². The average molecular weight is 354 g/mol. The number of ketones is 1. The van der Waals surface area contributed by atoms with Gasteiger partial charge in [0.2, 0.25) is 5.95 Å². The largest absolute Gasteiger partial charge is 0.434 e. The predicted octanol–water partition coefficient (Wildman–Crippen LogP) is 3.29. The van der Waals surface area contributed by atoms with Crippen LogP contribution in [0.2, 0.25) is 0 Å². The Morgan fingerprint density at radius 2 is 2.08 bits per heavy atom. The second kappa shape index (κ2) is 7.29. The summed E-state index contributed by atoms with van der Waals surface area (Å²) in [6.07, 6.45) is -3.20. The minimum absolute atomic E-state index is 0.0180. The molecule has 0 bridgehead atoms. The molecule has 0 aliphatic heterocycles. The number of rotatable bonds is 5. The van der Waals surface area contributed by atoms with Crippen LogP contribution in [-0.4, -0.2) is 15.8 Å². The lowest BCUT2D eigenvalue weighted by Crippen LogP contribution is -2.18. The number of allylic oxidation sites excluding steroid dienone is 2. The lowest BCUT2D eigenvalue weighted by Gasteiger charge is -2.12. The molecular formula is C16H14F4N4O. The molecule has 0 unspecified atom stereocenters. The summed E-state index contributed by atoms with van der Waals surface area (Å²) in [5.41, 5.74) is 3.81. The third kappa shape index (κ3) is 5.00. The van der Waals surface area contributed by atoms with Crippen molar-refractivity contribution in [2.45, 2.75) is 19.6 Å². The van der Waals surface area contributed by atoms with Crippen LogP contribution in [0, 0.1) is 5.82 Å². The van der Waals surface area contributed by atoms with Gasteiger partial charge >= 0.3 is 6.18 Å². The number of nitrogens with two attached hydrogens (primary N) is 1. The van der Waals surface area contributed by atoms with Crippen LogP contribution in [-0.2, 0) is 12.7 Å². The normalized spacial score (nSPS) is 12.1. The summed E-state index contributed by atoms with van der Waals surface area (Å²) >= 11 is 0. The smallest absolute Gasteiger partial charge is 0.402 e. The summed E-state index contributed by atoms with van der Waals surface area (Å²) in [6.45, 7) is 1.39. The Morgan fingerprint density at radius 3 is 2.68 bits per heavy atom. The van der Waals surface area contributed by atoms with Gasteiger partial charge in [0.05, 0.1) is 5.56 Å². The molecule has 0 atom stereocenters. The first-order valence-corrected chi connectivity index (χ1v) is 7.07. The first-order valence-electron chi connectivity index (χ1n) is 7.07. The molecule has 0 saturated heterocycles.